The summed E-state index contributed by atoms with van der Waals surface area (Å²) in [5, 5.41) is 14.6. The lowest BCUT2D eigenvalue weighted by molar-refractivity contribution is 0.421. The topological polar surface area (TPSA) is 88.2 Å². The van der Waals surface area contributed by atoms with Crippen LogP contribution in [0.4, 0.5) is 0 Å². The molecule has 3 heterocycles. The highest BCUT2D eigenvalue weighted by Crippen LogP contribution is 2.13. The molecule has 0 aliphatic heterocycles. The summed E-state index contributed by atoms with van der Waals surface area (Å²) in [6, 6.07) is 7.66. The van der Waals surface area contributed by atoms with E-state index in [0.717, 1.165) is 12.5 Å². The van der Waals surface area contributed by atoms with Gasteiger partial charge in [-0.3, -0.25) is 9.98 Å². The standard InChI is InChI=1S/C16H18N6OS.HI/c1-17-16(20-10-12-6-9-24-11-12)19-8-5-14-21-15(23-22-14)13-4-2-3-7-18-13;/h2-4,6-7,9,11H,5,8,10H2,1H3,(H2,17,19,20);1H. The molecule has 3 rings (SSSR count). The highest BCUT2D eigenvalue weighted by molar-refractivity contribution is 14.0. The van der Waals surface area contributed by atoms with Gasteiger partial charge in [0.25, 0.3) is 5.89 Å². The molecule has 0 spiro atoms. The van der Waals surface area contributed by atoms with Crippen molar-refractivity contribution in [1.29, 1.82) is 0 Å². The Morgan fingerprint density at radius 2 is 2.20 bits per heavy atom. The number of nitrogens with one attached hydrogen (secondary N) is 2. The Balaban J connectivity index is 0.00000225. The van der Waals surface area contributed by atoms with E-state index in [1.54, 1.807) is 24.6 Å². The van der Waals surface area contributed by atoms with Crippen molar-refractivity contribution in [2.24, 2.45) is 4.99 Å². The van der Waals surface area contributed by atoms with Gasteiger partial charge in [-0.25, -0.2) is 0 Å². The van der Waals surface area contributed by atoms with E-state index in [1.165, 1.54) is 5.56 Å². The van der Waals surface area contributed by atoms with Gasteiger partial charge in [0.1, 0.15) is 5.69 Å². The number of rotatable bonds is 6. The van der Waals surface area contributed by atoms with Gasteiger partial charge in [0.15, 0.2) is 11.8 Å². The van der Waals surface area contributed by atoms with Crippen molar-refractivity contribution in [1.82, 2.24) is 25.8 Å². The third-order valence-electron chi connectivity index (χ3n) is 3.26. The van der Waals surface area contributed by atoms with Crippen LogP contribution in [-0.4, -0.2) is 34.7 Å². The van der Waals surface area contributed by atoms with Crippen LogP contribution in [-0.2, 0) is 13.0 Å². The van der Waals surface area contributed by atoms with Gasteiger partial charge in [-0.2, -0.15) is 16.3 Å². The van der Waals surface area contributed by atoms with Crippen LogP contribution in [0.5, 0.6) is 0 Å². The van der Waals surface area contributed by atoms with Crippen LogP contribution < -0.4 is 10.6 Å². The van der Waals surface area contributed by atoms with Gasteiger partial charge < -0.3 is 15.2 Å². The van der Waals surface area contributed by atoms with Gasteiger partial charge >= 0.3 is 0 Å². The first-order chi connectivity index (χ1) is 11.8. The fourth-order valence-corrected chi connectivity index (χ4v) is 2.71. The number of halogens is 1. The zero-order valence-electron chi connectivity index (χ0n) is 13.7. The zero-order valence-corrected chi connectivity index (χ0v) is 16.8. The molecule has 0 aromatic carbocycles. The quantitative estimate of drug-likeness (QED) is 0.327. The number of nitrogens with zero attached hydrogens (tertiary/aromatic N) is 4. The van der Waals surface area contributed by atoms with Gasteiger partial charge in [0, 0.05) is 32.8 Å². The van der Waals surface area contributed by atoms with Crippen LogP contribution in [0.3, 0.4) is 0 Å². The maximum absolute atomic E-state index is 5.23. The lowest BCUT2D eigenvalue weighted by atomic mass is 10.3. The van der Waals surface area contributed by atoms with Crippen molar-refractivity contribution in [3.8, 4) is 11.6 Å². The molecule has 3 aromatic heterocycles. The van der Waals surface area contributed by atoms with Gasteiger partial charge in [0.05, 0.1) is 0 Å². The summed E-state index contributed by atoms with van der Waals surface area (Å²) < 4.78 is 5.23. The molecular formula is C16H19IN6OS. The Bertz CT molecular complexity index is 775. The summed E-state index contributed by atoms with van der Waals surface area (Å²) in [6.45, 7) is 1.40. The third kappa shape index (κ3) is 5.78. The van der Waals surface area contributed by atoms with E-state index in [-0.39, 0.29) is 24.0 Å². The molecule has 0 fully saturated rings. The molecule has 132 valence electrons. The highest BCUT2D eigenvalue weighted by Gasteiger charge is 2.09. The predicted molar refractivity (Wildman–Crippen MR) is 109 cm³/mol. The number of aliphatic imine (C=N–C) groups is 1. The molecule has 0 amide bonds. The number of hydrogen-bond acceptors (Lipinski definition) is 6. The van der Waals surface area contributed by atoms with E-state index in [4.69, 9.17) is 4.52 Å². The van der Waals surface area contributed by atoms with Crippen LogP contribution in [0.15, 0.2) is 50.7 Å². The van der Waals surface area contributed by atoms with E-state index in [0.29, 0.717) is 30.4 Å². The second-order valence-electron chi connectivity index (χ2n) is 4.96. The van der Waals surface area contributed by atoms with Gasteiger partial charge in [0.2, 0.25) is 0 Å². The number of thiophene rings is 1. The largest absolute Gasteiger partial charge is 0.356 e. The van der Waals surface area contributed by atoms with Crippen molar-refractivity contribution >= 4 is 41.3 Å². The molecule has 0 aliphatic rings. The fourth-order valence-electron chi connectivity index (χ4n) is 2.04. The SMILES string of the molecule is CN=C(NCCc1noc(-c2ccccn2)n1)NCc1ccsc1.I. The van der Waals surface area contributed by atoms with Crippen LogP contribution in [0, 0.1) is 0 Å². The average molecular weight is 470 g/mol. The minimum absolute atomic E-state index is 0. The molecule has 7 nitrogen and oxygen atoms in total. The summed E-state index contributed by atoms with van der Waals surface area (Å²) in [4.78, 5) is 12.7. The molecule has 0 saturated carbocycles. The normalized spacial score (nSPS) is 11.0. The van der Waals surface area contributed by atoms with Crippen LogP contribution in [0.25, 0.3) is 11.6 Å². The Labute approximate surface area is 167 Å². The molecule has 0 aliphatic carbocycles. The molecular weight excluding hydrogens is 451 g/mol. The maximum atomic E-state index is 5.23. The molecule has 9 heteroatoms. The van der Waals surface area contributed by atoms with Gasteiger partial charge in [-0.05, 0) is 34.5 Å². The molecule has 0 unspecified atom stereocenters. The Morgan fingerprint density at radius 3 is 2.92 bits per heavy atom. The molecule has 3 aromatic rings. The lowest BCUT2D eigenvalue weighted by Gasteiger charge is -2.10. The third-order valence-corrected chi connectivity index (χ3v) is 3.99. The first-order valence-corrected chi connectivity index (χ1v) is 8.49. The summed E-state index contributed by atoms with van der Waals surface area (Å²) in [6.07, 6.45) is 2.33. The van der Waals surface area contributed by atoms with E-state index in [1.807, 2.05) is 18.2 Å². The Hall–Kier alpha value is -2.01. The lowest BCUT2D eigenvalue weighted by Crippen LogP contribution is -2.37. The summed E-state index contributed by atoms with van der Waals surface area (Å²) in [5.41, 5.74) is 1.92. The molecule has 0 saturated heterocycles. The molecule has 25 heavy (non-hydrogen) atoms. The van der Waals surface area contributed by atoms with Crippen LogP contribution >= 0.6 is 35.3 Å². The minimum atomic E-state index is 0. The molecule has 2 N–H and O–H groups in total. The Kier molecular flexibility index (Phi) is 7.79. The minimum Gasteiger partial charge on any atom is -0.356 e. The summed E-state index contributed by atoms with van der Waals surface area (Å²) >= 11 is 1.68. The van der Waals surface area contributed by atoms with Crippen molar-refractivity contribution in [3.05, 3.63) is 52.6 Å². The number of pyridine rings is 1. The van der Waals surface area contributed by atoms with Crippen molar-refractivity contribution in [3.63, 3.8) is 0 Å². The van der Waals surface area contributed by atoms with Gasteiger partial charge in [-0.15, -0.1) is 24.0 Å². The molecule has 0 atom stereocenters. The summed E-state index contributed by atoms with van der Waals surface area (Å²) in [5.74, 6) is 1.82. The number of aromatic nitrogens is 3. The first kappa shape index (κ1) is 19.3. The Morgan fingerprint density at radius 1 is 1.28 bits per heavy atom. The van der Waals surface area contributed by atoms with Crippen LogP contribution in [0.1, 0.15) is 11.4 Å². The van der Waals surface area contributed by atoms with E-state index >= 15 is 0 Å². The van der Waals surface area contributed by atoms with Gasteiger partial charge in [-0.1, -0.05) is 11.2 Å². The second kappa shape index (κ2) is 10.1. The highest BCUT2D eigenvalue weighted by atomic mass is 127. The predicted octanol–water partition coefficient (Wildman–Crippen LogP) is 2.72. The number of guanidine groups is 1. The van der Waals surface area contributed by atoms with Crippen molar-refractivity contribution < 1.29 is 4.52 Å². The first-order valence-electron chi connectivity index (χ1n) is 7.55. The molecule has 0 radical (unpaired) electrons. The van der Waals surface area contributed by atoms with E-state index in [2.05, 4.69) is 47.6 Å². The van der Waals surface area contributed by atoms with Crippen LogP contribution in [0.2, 0.25) is 0 Å². The molecule has 0 bridgehead atoms. The second-order valence-corrected chi connectivity index (χ2v) is 5.74. The maximum Gasteiger partial charge on any atom is 0.276 e. The van der Waals surface area contributed by atoms with E-state index in [9.17, 15) is 0 Å². The smallest absolute Gasteiger partial charge is 0.276 e. The van der Waals surface area contributed by atoms with E-state index < -0.39 is 0 Å². The average Bonchev–Trinajstić information content (AvgIpc) is 3.30. The fraction of sp³-hybridized carbons (Fsp3) is 0.250. The summed E-state index contributed by atoms with van der Waals surface area (Å²) in [7, 11) is 1.75. The monoisotopic (exact) mass is 470 g/mol. The van der Waals surface area contributed by atoms with Crippen molar-refractivity contribution in [2.45, 2.75) is 13.0 Å². The zero-order chi connectivity index (χ0) is 16.6. The van der Waals surface area contributed by atoms with Crippen molar-refractivity contribution in [2.75, 3.05) is 13.6 Å². The number of hydrogen-bond donors (Lipinski definition) is 2.